The number of rotatable bonds is 23. The highest BCUT2D eigenvalue weighted by atomic mass is 31.2. The normalized spacial score (nSPS) is 19.2. The van der Waals surface area contributed by atoms with Gasteiger partial charge < -0.3 is 64.0 Å². The van der Waals surface area contributed by atoms with Crippen molar-refractivity contribution in [3.05, 3.63) is 34.4 Å². The molecule has 26 nitrogen and oxygen atoms in total. The van der Waals surface area contributed by atoms with Crippen LogP contribution in [0.2, 0.25) is 0 Å². The van der Waals surface area contributed by atoms with Gasteiger partial charge in [-0.2, -0.15) is 0 Å². The van der Waals surface area contributed by atoms with Crippen LogP contribution in [0.5, 0.6) is 0 Å². The molecule has 2 saturated heterocycles. The molecule has 0 bridgehead atoms. The summed E-state index contributed by atoms with van der Waals surface area (Å²) in [6, 6.07) is -2.59. The predicted molar refractivity (Wildman–Crippen MR) is 205 cm³/mol. The van der Waals surface area contributed by atoms with E-state index in [-0.39, 0.29) is 50.4 Å². The number of nitro benzene ring substituents is 1. The first-order valence-corrected chi connectivity index (χ1v) is 19.8. The van der Waals surface area contributed by atoms with Crippen molar-refractivity contribution in [2.24, 2.45) is 27.9 Å². The first-order valence-electron chi connectivity index (χ1n) is 18.3. The molecule has 3 rings (SSSR count). The van der Waals surface area contributed by atoms with E-state index >= 15 is 0 Å². The van der Waals surface area contributed by atoms with Crippen molar-refractivity contribution in [2.45, 2.75) is 101 Å². The summed E-state index contributed by atoms with van der Waals surface area (Å²) in [6.45, 7) is 1.43. The van der Waals surface area contributed by atoms with Gasteiger partial charge in [-0.3, -0.25) is 48.4 Å². The number of hydroxylamine groups is 1. The van der Waals surface area contributed by atoms with Crippen LogP contribution in [0.1, 0.15) is 52.4 Å². The lowest BCUT2D eigenvalue weighted by Crippen LogP contribution is -2.61. The number of nitrogens with two attached hydrogens (primary N) is 4. The Balaban J connectivity index is 1.77. The second-order valence-corrected chi connectivity index (χ2v) is 14.9. The smallest absolute Gasteiger partial charge is 0.394 e. The molecule has 0 spiro atoms. The van der Waals surface area contributed by atoms with Gasteiger partial charge in [0.1, 0.15) is 24.2 Å². The van der Waals surface area contributed by atoms with Crippen molar-refractivity contribution in [1.82, 2.24) is 26.2 Å². The van der Waals surface area contributed by atoms with Crippen LogP contribution in [0.25, 0.3) is 0 Å². The quantitative estimate of drug-likeness (QED) is 0.00944. The SMILES string of the molecule is C[C@H](NC(=O)[C@@H](N)CCC(N)=O)C(=O)N[C@@H](CO)C(=O)N[C@H](C(=O)N1CCC[C@H]1C(=O)N[C@@H](CCCN=C(N)N)[C@@H]1ON1c1ccc([N+](=O)[O-])cc1)[C@@H](C)OP(=O)(O)O. The molecule has 0 saturated carbocycles. The lowest BCUT2D eigenvalue weighted by atomic mass is 10.1. The number of aliphatic hydroxyl groups is 1. The number of guanidine groups is 1. The van der Waals surface area contributed by atoms with Crippen molar-refractivity contribution in [2.75, 3.05) is 24.8 Å². The second kappa shape index (κ2) is 21.5. The number of benzene rings is 1. The van der Waals surface area contributed by atoms with Crippen molar-refractivity contribution in [1.29, 1.82) is 0 Å². The number of hydrogen-bond acceptors (Lipinski definition) is 15. The van der Waals surface area contributed by atoms with Gasteiger partial charge in [0.15, 0.2) is 5.96 Å². The van der Waals surface area contributed by atoms with Gasteiger partial charge in [0.25, 0.3) is 5.69 Å². The maximum absolute atomic E-state index is 14.1. The van der Waals surface area contributed by atoms with Crippen molar-refractivity contribution < 1.29 is 62.5 Å². The fourth-order valence-electron chi connectivity index (χ4n) is 6.04. The van der Waals surface area contributed by atoms with Gasteiger partial charge in [-0.25, -0.2) is 14.5 Å². The second-order valence-electron chi connectivity index (χ2n) is 13.7. The molecule has 1 aromatic rings. The van der Waals surface area contributed by atoms with Crippen molar-refractivity contribution in [3.8, 4) is 0 Å². The number of phosphoric ester groups is 1. The molecule has 8 atom stereocenters. The lowest BCUT2D eigenvalue weighted by Gasteiger charge is -2.32. The summed E-state index contributed by atoms with van der Waals surface area (Å²) in [5.74, 6) is -5.49. The van der Waals surface area contributed by atoms with Crippen LogP contribution in [0.4, 0.5) is 11.4 Å². The molecule has 2 heterocycles. The molecular formula is C32H51N12O14P. The van der Waals surface area contributed by atoms with Gasteiger partial charge in [0.2, 0.25) is 41.7 Å². The molecule has 0 aliphatic carbocycles. The lowest BCUT2D eigenvalue weighted by molar-refractivity contribution is -0.384. The summed E-state index contributed by atoms with van der Waals surface area (Å²) in [6.07, 6.45) is -1.71. The number of non-ortho nitro benzene ring substituents is 1. The van der Waals surface area contributed by atoms with Crippen molar-refractivity contribution in [3.63, 3.8) is 0 Å². The van der Waals surface area contributed by atoms with Crippen LogP contribution in [-0.4, -0.2) is 134 Å². The van der Waals surface area contributed by atoms with Gasteiger partial charge in [0, 0.05) is 31.6 Å². The first-order chi connectivity index (χ1) is 27.6. The third-order valence-electron chi connectivity index (χ3n) is 9.14. The van der Waals surface area contributed by atoms with E-state index < -0.39 is 103 Å². The minimum Gasteiger partial charge on any atom is -0.394 e. The molecule has 15 N–H and O–H groups in total. The summed E-state index contributed by atoms with van der Waals surface area (Å²) < 4.78 is 16.6. The van der Waals surface area contributed by atoms with Crippen LogP contribution >= 0.6 is 7.82 Å². The Morgan fingerprint density at radius 2 is 1.68 bits per heavy atom. The number of hydrogen-bond donors (Lipinski definition) is 11. The zero-order chi connectivity index (χ0) is 44.2. The van der Waals surface area contributed by atoms with E-state index in [1.165, 1.54) is 36.3 Å². The molecule has 2 fully saturated rings. The van der Waals surface area contributed by atoms with Gasteiger partial charge in [0.05, 0.1) is 35.4 Å². The summed E-state index contributed by atoms with van der Waals surface area (Å²) in [5, 5.41) is 32.1. The van der Waals surface area contributed by atoms with Gasteiger partial charge in [-0.05, 0) is 58.1 Å². The Morgan fingerprint density at radius 1 is 1.02 bits per heavy atom. The monoisotopic (exact) mass is 858 g/mol. The highest BCUT2D eigenvalue weighted by molar-refractivity contribution is 7.46. The average Bonchev–Trinajstić information content (AvgIpc) is 3.80. The Labute approximate surface area is 337 Å². The molecular weight excluding hydrogens is 807 g/mol. The number of aliphatic hydroxyl groups excluding tert-OH is 1. The minimum absolute atomic E-state index is 0.0329. The van der Waals surface area contributed by atoms with Gasteiger partial charge >= 0.3 is 7.82 Å². The number of carbonyl (C=O) groups is 6. The fraction of sp³-hybridized carbons (Fsp3) is 0.594. The number of primary amides is 1. The van der Waals surface area contributed by atoms with Crippen molar-refractivity contribution >= 4 is 60.6 Å². The summed E-state index contributed by atoms with van der Waals surface area (Å²) in [4.78, 5) is 118. The van der Waals surface area contributed by atoms with E-state index in [2.05, 4.69) is 26.3 Å². The summed E-state index contributed by atoms with van der Waals surface area (Å²) in [7, 11) is -5.28. The Morgan fingerprint density at radius 3 is 2.25 bits per heavy atom. The molecule has 0 radical (unpaired) electrons. The largest absolute Gasteiger partial charge is 0.469 e. The Kier molecular flexibility index (Phi) is 17.4. The molecule has 27 heteroatoms. The number of carbonyl (C=O) groups excluding carboxylic acids is 6. The highest BCUT2D eigenvalue weighted by Crippen LogP contribution is 2.39. The number of anilines is 1. The third-order valence-corrected chi connectivity index (χ3v) is 9.75. The molecule has 1 aromatic carbocycles. The van der Waals surface area contributed by atoms with E-state index in [1.54, 1.807) is 0 Å². The zero-order valence-corrected chi connectivity index (χ0v) is 33.1. The van der Waals surface area contributed by atoms with Crippen LogP contribution in [0, 0.1) is 10.1 Å². The van der Waals surface area contributed by atoms with Gasteiger partial charge in [-0.1, -0.05) is 0 Å². The summed E-state index contributed by atoms with van der Waals surface area (Å²) >= 11 is 0. The van der Waals surface area contributed by atoms with Crippen LogP contribution in [0.3, 0.4) is 0 Å². The number of amides is 6. The molecule has 0 aromatic heterocycles. The van der Waals surface area contributed by atoms with E-state index in [0.717, 1.165) is 11.8 Å². The molecule has 0 unspecified atom stereocenters. The molecule has 6 amide bonds. The molecule has 59 heavy (non-hydrogen) atoms. The Bertz CT molecular complexity index is 1780. The van der Waals surface area contributed by atoms with Crippen LogP contribution in [-0.2, 0) is 42.7 Å². The summed E-state index contributed by atoms with van der Waals surface area (Å²) in [5.41, 5.74) is 21.9. The average molecular weight is 859 g/mol. The standard InChI is InChI=1S/C32H51N12O14P/c1-16(38-27(48)20(33)11-12-24(34)46)26(47)40-22(15-45)28(49)41-25(17(2)58-59(54,55)56)30(51)42-14-4-6-23(42)29(50)39-21(5-3-13-37-32(35)36)31-43(57-31)18-7-9-19(10-8-18)44(52)53/h7-10,16-17,20-23,25,31,45H,3-6,11-15,33H2,1-2H3,(H2,34,46)(H,38,48)(H,39,50)(H,40,47)(H,41,49)(H4,35,36,37)(H2,54,55,56)/t16-,17+,20-,21-,22-,23-,25-,31-,43?/m0/s1. The predicted octanol–water partition coefficient (Wildman–Crippen LogP) is -4.24. The number of aliphatic imine (C=N–C) groups is 1. The van der Waals surface area contributed by atoms with E-state index in [0.29, 0.717) is 18.5 Å². The van der Waals surface area contributed by atoms with E-state index in [1.807, 2.05) is 0 Å². The maximum atomic E-state index is 14.1. The first kappa shape index (κ1) is 47.9. The number of nitro groups is 1. The number of phosphoric acid groups is 1. The number of likely N-dealkylation sites (tertiary alicyclic amines) is 1. The van der Waals surface area contributed by atoms with E-state index in [9.17, 15) is 58.3 Å². The van der Waals surface area contributed by atoms with Crippen LogP contribution in [0.15, 0.2) is 29.3 Å². The minimum atomic E-state index is -5.28. The number of nitrogens with one attached hydrogen (secondary N) is 4. The molecule has 2 aliphatic rings. The Hall–Kier alpha value is -5.50. The van der Waals surface area contributed by atoms with Crippen LogP contribution < -0.4 is 49.3 Å². The maximum Gasteiger partial charge on any atom is 0.469 e. The topological polar surface area (TPSA) is 416 Å². The molecule has 328 valence electrons. The fourth-order valence-corrected chi connectivity index (χ4v) is 6.59. The molecule has 2 aliphatic heterocycles. The zero-order valence-electron chi connectivity index (χ0n) is 32.2. The van der Waals surface area contributed by atoms with Gasteiger partial charge in [-0.15, -0.1) is 0 Å². The highest BCUT2D eigenvalue weighted by Gasteiger charge is 2.47. The third kappa shape index (κ3) is 14.7. The number of nitrogens with zero attached hydrogens (tertiary/aromatic N) is 4. The van der Waals surface area contributed by atoms with E-state index in [4.69, 9.17) is 32.3 Å².